The molecule has 0 saturated heterocycles. The topological polar surface area (TPSA) is 98.7 Å². The minimum atomic E-state index is -1.14. The number of rotatable bonds is 6. The van der Waals surface area contributed by atoms with E-state index in [9.17, 15) is 9.59 Å². The molecule has 0 fully saturated rings. The quantitative estimate of drug-likeness (QED) is 0.519. The monoisotopic (exact) mass is 256 g/mol. The number of carboxylic acid groups (broad SMARTS) is 1. The molecular weight excluding hydrogens is 236 g/mol. The summed E-state index contributed by atoms with van der Waals surface area (Å²) in [5.41, 5.74) is 0. The summed E-state index contributed by atoms with van der Waals surface area (Å²) in [6.07, 6.45) is 7.23. The summed E-state index contributed by atoms with van der Waals surface area (Å²) in [7, 11) is 0. The molecule has 2 amide bonds. The van der Waals surface area contributed by atoms with E-state index in [1.807, 2.05) is 0 Å². The minimum absolute atomic E-state index is 0.00885. The van der Waals surface area contributed by atoms with Gasteiger partial charge in [-0.15, -0.1) is 0 Å². The van der Waals surface area contributed by atoms with Gasteiger partial charge in [0.25, 0.3) is 0 Å². The van der Waals surface area contributed by atoms with Crippen molar-refractivity contribution < 1.29 is 19.8 Å². The summed E-state index contributed by atoms with van der Waals surface area (Å²) >= 11 is 0. The Morgan fingerprint density at radius 2 is 2.17 bits per heavy atom. The molecule has 6 heteroatoms. The number of aliphatic carboxylic acids is 1. The molecule has 0 aliphatic heterocycles. The molecule has 6 nitrogen and oxygen atoms in total. The fourth-order valence-corrected chi connectivity index (χ4v) is 1.87. The van der Waals surface area contributed by atoms with Crippen molar-refractivity contribution in [1.82, 2.24) is 10.6 Å². The van der Waals surface area contributed by atoms with Gasteiger partial charge in [0.2, 0.25) is 0 Å². The molecule has 1 rings (SSSR count). The Kier molecular flexibility index (Phi) is 6.21. The van der Waals surface area contributed by atoms with E-state index in [2.05, 4.69) is 22.8 Å². The second kappa shape index (κ2) is 7.71. The first-order chi connectivity index (χ1) is 8.63. The van der Waals surface area contributed by atoms with Crippen molar-refractivity contribution in [3.8, 4) is 0 Å². The molecule has 0 saturated carbocycles. The number of hydrogen-bond donors (Lipinski definition) is 4. The Morgan fingerprint density at radius 3 is 2.72 bits per heavy atom. The van der Waals surface area contributed by atoms with Crippen molar-refractivity contribution in [3.05, 3.63) is 12.2 Å². The summed E-state index contributed by atoms with van der Waals surface area (Å²) in [6.45, 7) is 0.270. The van der Waals surface area contributed by atoms with Crippen molar-refractivity contribution in [2.24, 2.45) is 5.92 Å². The van der Waals surface area contributed by atoms with Gasteiger partial charge in [0, 0.05) is 19.6 Å². The van der Waals surface area contributed by atoms with Crippen LogP contribution in [0.4, 0.5) is 4.79 Å². The Hall–Kier alpha value is -1.56. The molecule has 0 aromatic heterocycles. The van der Waals surface area contributed by atoms with E-state index in [1.54, 1.807) is 0 Å². The van der Waals surface area contributed by atoms with E-state index in [0.29, 0.717) is 12.5 Å². The lowest BCUT2D eigenvalue weighted by atomic mass is 9.94. The van der Waals surface area contributed by atoms with Gasteiger partial charge >= 0.3 is 12.0 Å². The van der Waals surface area contributed by atoms with Crippen LogP contribution in [0.15, 0.2) is 12.2 Å². The second-order valence-corrected chi connectivity index (χ2v) is 4.41. The predicted octanol–water partition coefficient (Wildman–Crippen LogP) is 0.478. The standard InChI is InChI=1S/C12H20N2O4/c15-7-6-10(11(16)17)14-12(18)13-8-9-4-2-1-3-5-9/h1-2,9-10,15H,3-8H2,(H,16,17)(H2,13,14,18)/t9?,10-/m1/s1. The number of aliphatic hydroxyl groups excluding tert-OH is 1. The van der Waals surface area contributed by atoms with E-state index in [1.165, 1.54) is 0 Å². The van der Waals surface area contributed by atoms with Crippen LogP contribution >= 0.6 is 0 Å². The van der Waals surface area contributed by atoms with E-state index >= 15 is 0 Å². The van der Waals surface area contributed by atoms with Gasteiger partial charge < -0.3 is 20.8 Å². The van der Waals surface area contributed by atoms with Gasteiger partial charge in [0.15, 0.2) is 0 Å². The average Bonchev–Trinajstić information content (AvgIpc) is 2.37. The highest BCUT2D eigenvalue weighted by atomic mass is 16.4. The molecule has 1 unspecified atom stereocenters. The normalized spacial score (nSPS) is 20.2. The number of amides is 2. The van der Waals surface area contributed by atoms with Crippen molar-refractivity contribution in [3.63, 3.8) is 0 Å². The molecule has 0 aromatic rings. The Morgan fingerprint density at radius 1 is 1.39 bits per heavy atom. The van der Waals surface area contributed by atoms with Crippen LogP contribution in [0.1, 0.15) is 25.7 Å². The molecular formula is C12H20N2O4. The number of carboxylic acids is 1. The zero-order valence-corrected chi connectivity index (χ0v) is 10.3. The van der Waals surface area contributed by atoms with E-state index < -0.39 is 18.0 Å². The zero-order chi connectivity index (χ0) is 13.4. The van der Waals surface area contributed by atoms with Gasteiger partial charge in [-0.3, -0.25) is 0 Å². The van der Waals surface area contributed by atoms with Crippen LogP contribution in [-0.4, -0.2) is 41.4 Å². The maximum Gasteiger partial charge on any atom is 0.326 e. The molecule has 102 valence electrons. The van der Waals surface area contributed by atoms with Gasteiger partial charge in [0.05, 0.1) is 0 Å². The van der Waals surface area contributed by atoms with Crippen molar-refractivity contribution in [2.75, 3.05) is 13.2 Å². The van der Waals surface area contributed by atoms with E-state index in [-0.39, 0.29) is 13.0 Å². The molecule has 0 radical (unpaired) electrons. The summed E-state index contributed by atoms with van der Waals surface area (Å²) in [6, 6.07) is -1.54. The lowest BCUT2D eigenvalue weighted by Crippen LogP contribution is -2.47. The van der Waals surface area contributed by atoms with Gasteiger partial charge in [0.1, 0.15) is 6.04 Å². The van der Waals surface area contributed by atoms with Crippen molar-refractivity contribution >= 4 is 12.0 Å². The van der Waals surface area contributed by atoms with Crippen molar-refractivity contribution in [2.45, 2.75) is 31.7 Å². The Bertz CT molecular complexity index is 317. The predicted molar refractivity (Wildman–Crippen MR) is 66.1 cm³/mol. The maximum atomic E-state index is 11.5. The van der Waals surface area contributed by atoms with Crippen LogP contribution in [0.3, 0.4) is 0 Å². The first kappa shape index (κ1) is 14.5. The first-order valence-corrected chi connectivity index (χ1v) is 6.16. The van der Waals surface area contributed by atoms with Crippen LogP contribution in [0.25, 0.3) is 0 Å². The van der Waals surface area contributed by atoms with Crippen LogP contribution in [0, 0.1) is 5.92 Å². The number of aliphatic hydroxyl groups is 1. The average molecular weight is 256 g/mol. The Balaban J connectivity index is 2.27. The highest BCUT2D eigenvalue weighted by Gasteiger charge is 2.19. The third-order valence-electron chi connectivity index (χ3n) is 2.95. The lowest BCUT2D eigenvalue weighted by molar-refractivity contribution is -0.139. The van der Waals surface area contributed by atoms with Crippen LogP contribution in [-0.2, 0) is 4.79 Å². The SMILES string of the molecule is O=C(NCC1CC=CCC1)N[C@H](CCO)C(=O)O. The van der Waals surface area contributed by atoms with Crippen LogP contribution < -0.4 is 10.6 Å². The van der Waals surface area contributed by atoms with Crippen molar-refractivity contribution in [1.29, 1.82) is 0 Å². The fraction of sp³-hybridized carbons (Fsp3) is 0.667. The van der Waals surface area contributed by atoms with Crippen LogP contribution in [0.2, 0.25) is 0 Å². The minimum Gasteiger partial charge on any atom is -0.480 e. The maximum absolute atomic E-state index is 11.5. The number of carbonyl (C=O) groups is 2. The molecule has 0 spiro atoms. The molecule has 1 aliphatic carbocycles. The van der Waals surface area contributed by atoms with Gasteiger partial charge in [-0.1, -0.05) is 12.2 Å². The van der Waals surface area contributed by atoms with E-state index in [0.717, 1.165) is 19.3 Å². The molecule has 0 aromatic carbocycles. The number of nitrogens with one attached hydrogen (secondary N) is 2. The van der Waals surface area contributed by atoms with Gasteiger partial charge in [-0.2, -0.15) is 0 Å². The van der Waals surface area contributed by atoms with Gasteiger partial charge in [-0.05, 0) is 25.2 Å². The lowest BCUT2D eigenvalue weighted by Gasteiger charge is -2.19. The molecule has 18 heavy (non-hydrogen) atoms. The Labute approximate surface area is 106 Å². The first-order valence-electron chi connectivity index (χ1n) is 6.16. The number of carbonyl (C=O) groups excluding carboxylic acids is 1. The summed E-state index contributed by atoms with van der Waals surface area (Å²) in [5.74, 6) is -0.721. The highest BCUT2D eigenvalue weighted by molar-refractivity contribution is 5.82. The number of urea groups is 1. The fourth-order valence-electron chi connectivity index (χ4n) is 1.87. The highest BCUT2D eigenvalue weighted by Crippen LogP contribution is 2.16. The summed E-state index contributed by atoms with van der Waals surface area (Å²) in [4.78, 5) is 22.3. The smallest absolute Gasteiger partial charge is 0.326 e. The van der Waals surface area contributed by atoms with Crippen LogP contribution in [0.5, 0.6) is 0 Å². The molecule has 4 N–H and O–H groups in total. The number of hydrogen-bond acceptors (Lipinski definition) is 3. The largest absolute Gasteiger partial charge is 0.480 e. The third kappa shape index (κ3) is 5.18. The second-order valence-electron chi connectivity index (χ2n) is 4.41. The third-order valence-corrected chi connectivity index (χ3v) is 2.95. The molecule has 2 atom stereocenters. The summed E-state index contributed by atoms with van der Waals surface area (Å²) < 4.78 is 0. The molecule has 0 heterocycles. The zero-order valence-electron chi connectivity index (χ0n) is 10.3. The molecule has 0 bridgehead atoms. The van der Waals surface area contributed by atoms with Gasteiger partial charge in [-0.25, -0.2) is 9.59 Å². The van der Waals surface area contributed by atoms with E-state index in [4.69, 9.17) is 10.2 Å². The molecule has 1 aliphatic rings. The number of allylic oxidation sites excluding steroid dienone is 2. The summed E-state index contributed by atoms with van der Waals surface area (Å²) in [5, 5.41) is 22.5.